The Morgan fingerprint density at radius 3 is 2.36 bits per heavy atom. The lowest BCUT2D eigenvalue weighted by atomic mass is 10.2. The average molecular weight is 203 g/mol. The quantitative estimate of drug-likeness (QED) is 0.705. The van der Waals surface area contributed by atoms with Gasteiger partial charge >= 0.3 is 5.97 Å². The summed E-state index contributed by atoms with van der Waals surface area (Å²) in [5, 5.41) is 8.59. The molecule has 14 heavy (non-hydrogen) atoms. The minimum absolute atomic E-state index is 0.0873. The summed E-state index contributed by atoms with van der Waals surface area (Å²) < 4.78 is 5.51. The third kappa shape index (κ3) is 8.01. The van der Waals surface area contributed by atoms with Crippen LogP contribution in [0.2, 0.25) is 0 Å². The van der Waals surface area contributed by atoms with Gasteiger partial charge in [-0.25, -0.2) is 0 Å². The zero-order valence-corrected chi connectivity index (χ0v) is 9.54. The molecular weight excluding hydrogens is 182 g/mol. The second kappa shape index (κ2) is 5.98. The van der Waals surface area contributed by atoms with Gasteiger partial charge in [0.25, 0.3) is 0 Å². The maximum Gasteiger partial charge on any atom is 0.317 e. The van der Waals surface area contributed by atoms with Gasteiger partial charge in [0.05, 0.1) is 18.8 Å². The first-order valence-electron chi connectivity index (χ1n) is 4.93. The van der Waals surface area contributed by atoms with Crippen molar-refractivity contribution >= 4 is 5.97 Å². The predicted octanol–water partition coefficient (Wildman–Crippen LogP) is 1.21. The van der Waals surface area contributed by atoms with Crippen molar-refractivity contribution in [2.45, 2.75) is 33.3 Å². The van der Waals surface area contributed by atoms with Crippen LogP contribution in [-0.2, 0) is 9.53 Å². The Balaban J connectivity index is 3.68. The molecule has 0 aliphatic rings. The average Bonchev–Trinajstić information content (AvgIpc) is 1.99. The van der Waals surface area contributed by atoms with Crippen LogP contribution in [0, 0.1) is 0 Å². The van der Waals surface area contributed by atoms with Crippen LogP contribution in [0.1, 0.15) is 27.7 Å². The van der Waals surface area contributed by atoms with Crippen LogP contribution in [-0.4, -0.2) is 47.8 Å². The molecule has 0 spiro atoms. The van der Waals surface area contributed by atoms with Crippen LogP contribution < -0.4 is 0 Å². The van der Waals surface area contributed by atoms with Crippen molar-refractivity contribution in [3.63, 3.8) is 0 Å². The van der Waals surface area contributed by atoms with Gasteiger partial charge in [0.1, 0.15) is 0 Å². The number of carbonyl (C=O) groups is 1. The van der Waals surface area contributed by atoms with Crippen LogP contribution in [0.3, 0.4) is 0 Å². The molecule has 0 aliphatic heterocycles. The summed E-state index contributed by atoms with van der Waals surface area (Å²) in [6.07, 6.45) is 0. The van der Waals surface area contributed by atoms with E-state index in [1.54, 1.807) is 0 Å². The van der Waals surface area contributed by atoms with Gasteiger partial charge < -0.3 is 9.84 Å². The van der Waals surface area contributed by atoms with E-state index in [9.17, 15) is 4.79 Å². The molecule has 1 N–H and O–H groups in total. The highest BCUT2D eigenvalue weighted by atomic mass is 16.5. The predicted molar refractivity (Wildman–Crippen MR) is 55.5 cm³/mol. The van der Waals surface area contributed by atoms with Gasteiger partial charge in [0.15, 0.2) is 0 Å². The lowest BCUT2D eigenvalue weighted by Gasteiger charge is -2.23. The van der Waals surface area contributed by atoms with E-state index < -0.39 is 5.97 Å². The molecule has 0 atom stereocenters. The lowest BCUT2D eigenvalue weighted by molar-refractivity contribution is -0.138. The van der Waals surface area contributed by atoms with Gasteiger partial charge in [-0.2, -0.15) is 0 Å². The Labute approximate surface area is 85.9 Å². The van der Waals surface area contributed by atoms with Crippen molar-refractivity contribution < 1.29 is 14.6 Å². The van der Waals surface area contributed by atoms with Gasteiger partial charge in [0.2, 0.25) is 0 Å². The number of carboxylic acids is 1. The fraction of sp³-hybridized carbons (Fsp3) is 0.900. The normalized spacial score (nSPS) is 12.1. The number of hydrogen-bond donors (Lipinski definition) is 1. The van der Waals surface area contributed by atoms with E-state index in [0.717, 1.165) is 6.54 Å². The van der Waals surface area contributed by atoms with Crippen LogP contribution in [0.5, 0.6) is 0 Å². The zero-order valence-electron chi connectivity index (χ0n) is 9.54. The van der Waals surface area contributed by atoms with Crippen molar-refractivity contribution in [3.8, 4) is 0 Å². The summed E-state index contributed by atoms with van der Waals surface area (Å²) in [6.45, 7) is 9.97. The molecule has 4 heteroatoms. The molecule has 0 bridgehead atoms. The van der Waals surface area contributed by atoms with Crippen molar-refractivity contribution in [1.29, 1.82) is 0 Å². The number of aliphatic carboxylic acids is 1. The first-order chi connectivity index (χ1) is 6.35. The Morgan fingerprint density at radius 1 is 1.43 bits per heavy atom. The van der Waals surface area contributed by atoms with Crippen molar-refractivity contribution in [2.24, 2.45) is 0 Å². The van der Waals surface area contributed by atoms with Crippen LogP contribution in [0.4, 0.5) is 0 Å². The Bertz CT molecular complexity index is 175. The molecule has 0 amide bonds. The van der Waals surface area contributed by atoms with Gasteiger partial charge in [-0.3, -0.25) is 9.69 Å². The van der Waals surface area contributed by atoms with Crippen molar-refractivity contribution in [2.75, 3.05) is 26.2 Å². The minimum atomic E-state index is -0.789. The van der Waals surface area contributed by atoms with Crippen molar-refractivity contribution in [1.82, 2.24) is 4.90 Å². The highest BCUT2D eigenvalue weighted by Gasteiger charge is 2.12. The monoisotopic (exact) mass is 203 g/mol. The van der Waals surface area contributed by atoms with E-state index in [2.05, 4.69) is 0 Å². The van der Waals surface area contributed by atoms with Crippen LogP contribution >= 0.6 is 0 Å². The summed E-state index contributed by atoms with van der Waals surface area (Å²) in [5.74, 6) is -0.789. The third-order valence-electron chi connectivity index (χ3n) is 1.75. The Morgan fingerprint density at radius 2 is 2.00 bits per heavy atom. The fourth-order valence-electron chi connectivity index (χ4n) is 1.02. The maximum absolute atomic E-state index is 10.4. The topological polar surface area (TPSA) is 49.8 Å². The standard InChI is InChI=1S/C10H21NO3/c1-5-11(8-9(12)13)6-7-14-10(2,3)4/h5-8H2,1-4H3,(H,12,13). The summed E-state index contributed by atoms with van der Waals surface area (Å²) in [4.78, 5) is 12.3. The molecule has 4 nitrogen and oxygen atoms in total. The molecule has 84 valence electrons. The SMILES string of the molecule is CCN(CCOC(C)(C)C)CC(=O)O. The smallest absolute Gasteiger partial charge is 0.317 e. The summed E-state index contributed by atoms with van der Waals surface area (Å²) in [7, 11) is 0. The van der Waals surface area contributed by atoms with Crippen LogP contribution in [0.15, 0.2) is 0 Å². The van der Waals surface area contributed by atoms with Crippen molar-refractivity contribution in [3.05, 3.63) is 0 Å². The molecule has 0 radical (unpaired) electrons. The molecule has 0 aromatic rings. The zero-order chi connectivity index (χ0) is 11.2. The summed E-state index contributed by atoms with van der Waals surface area (Å²) in [6, 6.07) is 0. The van der Waals surface area contributed by atoms with Gasteiger partial charge in [-0.1, -0.05) is 6.92 Å². The van der Waals surface area contributed by atoms with Gasteiger partial charge in [-0.15, -0.1) is 0 Å². The second-order valence-electron chi connectivity index (χ2n) is 4.22. The fourth-order valence-corrected chi connectivity index (χ4v) is 1.02. The maximum atomic E-state index is 10.4. The summed E-state index contributed by atoms with van der Waals surface area (Å²) >= 11 is 0. The Kier molecular flexibility index (Phi) is 5.72. The molecule has 0 unspecified atom stereocenters. The van der Waals surface area contributed by atoms with Gasteiger partial charge in [0, 0.05) is 6.54 Å². The molecule has 0 saturated carbocycles. The molecule has 0 fully saturated rings. The highest BCUT2D eigenvalue weighted by Crippen LogP contribution is 2.06. The number of hydrogen-bond acceptors (Lipinski definition) is 3. The number of ether oxygens (including phenoxy) is 1. The highest BCUT2D eigenvalue weighted by molar-refractivity contribution is 5.69. The first kappa shape index (κ1) is 13.4. The van der Waals surface area contributed by atoms with E-state index in [0.29, 0.717) is 13.2 Å². The van der Waals surface area contributed by atoms with Gasteiger partial charge in [-0.05, 0) is 27.3 Å². The third-order valence-corrected chi connectivity index (χ3v) is 1.75. The molecule has 0 saturated heterocycles. The Hall–Kier alpha value is -0.610. The van der Waals surface area contributed by atoms with Crippen LogP contribution in [0.25, 0.3) is 0 Å². The molecule has 0 aromatic heterocycles. The van der Waals surface area contributed by atoms with E-state index in [4.69, 9.17) is 9.84 Å². The number of rotatable bonds is 6. The molecule has 0 rings (SSSR count). The summed E-state index contributed by atoms with van der Waals surface area (Å²) in [5.41, 5.74) is -0.150. The number of carboxylic acid groups (broad SMARTS) is 1. The lowest BCUT2D eigenvalue weighted by Crippen LogP contribution is -2.34. The number of likely N-dealkylation sites (N-methyl/N-ethyl adjacent to an activating group) is 1. The van der Waals surface area contributed by atoms with E-state index in [1.165, 1.54) is 0 Å². The number of nitrogens with zero attached hydrogens (tertiary/aromatic N) is 1. The van der Waals surface area contributed by atoms with E-state index in [1.807, 2.05) is 32.6 Å². The second-order valence-corrected chi connectivity index (χ2v) is 4.22. The molecule has 0 heterocycles. The largest absolute Gasteiger partial charge is 0.480 e. The van der Waals surface area contributed by atoms with E-state index >= 15 is 0 Å². The first-order valence-corrected chi connectivity index (χ1v) is 4.93. The molecule has 0 aromatic carbocycles. The minimum Gasteiger partial charge on any atom is -0.480 e. The molecule has 0 aliphatic carbocycles. The molecular formula is C10H21NO3. The van der Waals surface area contributed by atoms with E-state index in [-0.39, 0.29) is 12.1 Å².